The van der Waals surface area contributed by atoms with Crippen LogP contribution in [0.2, 0.25) is 0 Å². The number of carbonyl (C=O) groups excluding carboxylic acids is 1. The molecule has 0 aromatic carbocycles. The van der Waals surface area contributed by atoms with Gasteiger partial charge in [-0.05, 0) is 41.7 Å². The second-order valence-corrected chi connectivity index (χ2v) is 6.51. The van der Waals surface area contributed by atoms with Crippen LogP contribution in [-0.4, -0.2) is 47.0 Å². The Bertz CT molecular complexity index is 503. The number of nitrogens with zero attached hydrogens (tertiary/aromatic N) is 2. The molecule has 1 aliphatic heterocycles. The summed E-state index contributed by atoms with van der Waals surface area (Å²) in [6, 6.07) is 1.91. The summed E-state index contributed by atoms with van der Waals surface area (Å²) in [5.74, 6) is -0.789. The van der Waals surface area contributed by atoms with Crippen molar-refractivity contribution in [2.75, 3.05) is 20.1 Å². The fraction of sp³-hybridized carbons (Fsp3) is 0.600. The molecule has 1 aromatic heterocycles. The average molecular weight is 310 g/mol. The third-order valence-electron chi connectivity index (χ3n) is 4.30. The Kier molecular flexibility index (Phi) is 4.88. The fourth-order valence-electron chi connectivity index (χ4n) is 2.87. The monoisotopic (exact) mass is 310 g/mol. The van der Waals surface area contributed by atoms with E-state index in [1.807, 2.05) is 23.8 Å². The summed E-state index contributed by atoms with van der Waals surface area (Å²) in [6.45, 7) is 3.40. The Balaban J connectivity index is 2.03. The first-order chi connectivity index (χ1) is 9.98. The lowest BCUT2D eigenvalue weighted by atomic mass is 9.78. The summed E-state index contributed by atoms with van der Waals surface area (Å²) >= 11 is 1.61. The quantitative estimate of drug-likeness (QED) is 0.930. The number of urea groups is 1. The summed E-state index contributed by atoms with van der Waals surface area (Å²) < 4.78 is 0. The standard InChI is InChI=1S/C15H22N2O3S/c1-3-15(13(18)19)6-4-7-17(11-15)14(20)16(2)9-12-5-8-21-10-12/h5,8,10H,3-4,6-7,9,11H2,1-2H3,(H,18,19). The number of amides is 2. The highest BCUT2D eigenvalue weighted by Gasteiger charge is 2.42. The molecule has 0 radical (unpaired) electrons. The van der Waals surface area contributed by atoms with Crippen LogP contribution in [0.25, 0.3) is 0 Å². The van der Waals surface area contributed by atoms with Crippen molar-refractivity contribution in [1.82, 2.24) is 9.80 Å². The number of piperidine rings is 1. The molecule has 2 heterocycles. The molecule has 0 spiro atoms. The van der Waals surface area contributed by atoms with Crippen LogP contribution < -0.4 is 0 Å². The van der Waals surface area contributed by atoms with Crippen molar-refractivity contribution in [3.8, 4) is 0 Å². The van der Waals surface area contributed by atoms with Crippen LogP contribution in [0, 0.1) is 5.41 Å². The predicted molar refractivity (Wildman–Crippen MR) is 82.3 cm³/mol. The van der Waals surface area contributed by atoms with E-state index < -0.39 is 11.4 Å². The van der Waals surface area contributed by atoms with Gasteiger partial charge in [-0.3, -0.25) is 4.79 Å². The van der Waals surface area contributed by atoms with E-state index >= 15 is 0 Å². The van der Waals surface area contributed by atoms with Gasteiger partial charge in [0, 0.05) is 26.7 Å². The number of carbonyl (C=O) groups is 2. The van der Waals surface area contributed by atoms with E-state index in [2.05, 4.69) is 0 Å². The smallest absolute Gasteiger partial charge is 0.320 e. The number of thiophene rings is 1. The normalized spacial score (nSPS) is 22.1. The van der Waals surface area contributed by atoms with Gasteiger partial charge in [-0.2, -0.15) is 11.3 Å². The number of carboxylic acid groups (broad SMARTS) is 1. The van der Waals surface area contributed by atoms with Crippen LogP contribution in [-0.2, 0) is 11.3 Å². The topological polar surface area (TPSA) is 60.9 Å². The number of hydrogen-bond acceptors (Lipinski definition) is 3. The molecule has 1 aromatic rings. The highest BCUT2D eigenvalue weighted by atomic mass is 32.1. The van der Waals surface area contributed by atoms with E-state index in [1.165, 1.54) is 0 Å². The molecule has 0 aliphatic carbocycles. The zero-order chi connectivity index (χ0) is 15.5. The molecule has 6 heteroatoms. The first-order valence-corrected chi connectivity index (χ1v) is 8.17. The van der Waals surface area contributed by atoms with Gasteiger partial charge >= 0.3 is 12.0 Å². The number of rotatable bonds is 4. The molecule has 1 fully saturated rings. The van der Waals surface area contributed by atoms with Gasteiger partial charge in [0.1, 0.15) is 0 Å². The van der Waals surface area contributed by atoms with Gasteiger partial charge in [-0.25, -0.2) is 4.79 Å². The Morgan fingerprint density at radius 2 is 2.29 bits per heavy atom. The highest BCUT2D eigenvalue weighted by Crippen LogP contribution is 2.34. The van der Waals surface area contributed by atoms with Crippen LogP contribution in [0.4, 0.5) is 4.79 Å². The van der Waals surface area contributed by atoms with E-state index in [9.17, 15) is 14.7 Å². The number of aliphatic carboxylic acids is 1. The Morgan fingerprint density at radius 3 is 2.86 bits per heavy atom. The Labute approximate surface area is 129 Å². The van der Waals surface area contributed by atoms with E-state index in [0.717, 1.165) is 12.0 Å². The Morgan fingerprint density at radius 1 is 1.52 bits per heavy atom. The van der Waals surface area contributed by atoms with E-state index in [4.69, 9.17) is 0 Å². The third-order valence-corrected chi connectivity index (χ3v) is 5.04. The van der Waals surface area contributed by atoms with Crippen LogP contribution in [0.15, 0.2) is 16.8 Å². The number of carboxylic acids is 1. The van der Waals surface area contributed by atoms with Crippen molar-refractivity contribution in [2.24, 2.45) is 5.41 Å². The van der Waals surface area contributed by atoms with Crippen molar-refractivity contribution in [2.45, 2.75) is 32.7 Å². The summed E-state index contributed by atoms with van der Waals surface area (Å²) in [7, 11) is 1.77. The Hall–Kier alpha value is -1.56. The second kappa shape index (κ2) is 6.47. The van der Waals surface area contributed by atoms with Gasteiger partial charge in [0.15, 0.2) is 0 Å². The first kappa shape index (κ1) is 15.8. The minimum atomic E-state index is -0.789. The summed E-state index contributed by atoms with van der Waals surface area (Å²) in [5, 5.41) is 13.5. The van der Waals surface area contributed by atoms with Crippen LogP contribution in [0.3, 0.4) is 0 Å². The van der Waals surface area contributed by atoms with E-state index in [-0.39, 0.29) is 6.03 Å². The molecule has 1 unspecified atom stereocenters. The van der Waals surface area contributed by atoms with Gasteiger partial charge in [-0.1, -0.05) is 6.92 Å². The summed E-state index contributed by atoms with van der Waals surface area (Å²) in [5.41, 5.74) is 0.324. The molecule has 0 bridgehead atoms. The maximum absolute atomic E-state index is 12.5. The lowest BCUT2D eigenvalue weighted by Gasteiger charge is -2.40. The SMILES string of the molecule is CCC1(C(=O)O)CCCN(C(=O)N(C)Cc2ccsc2)C1. The molecule has 2 rings (SSSR count). The molecule has 1 atom stereocenters. The molecule has 1 N–H and O–H groups in total. The van der Waals surface area contributed by atoms with E-state index in [0.29, 0.717) is 32.5 Å². The van der Waals surface area contributed by atoms with Crippen molar-refractivity contribution in [3.63, 3.8) is 0 Å². The highest BCUT2D eigenvalue weighted by molar-refractivity contribution is 7.07. The molecular weight excluding hydrogens is 288 g/mol. The molecule has 0 saturated carbocycles. The molecule has 116 valence electrons. The minimum Gasteiger partial charge on any atom is -0.481 e. The van der Waals surface area contributed by atoms with Gasteiger partial charge in [0.25, 0.3) is 0 Å². The molecular formula is C15H22N2O3S. The van der Waals surface area contributed by atoms with Gasteiger partial charge in [0.2, 0.25) is 0 Å². The van der Waals surface area contributed by atoms with Crippen LogP contribution in [0.5, 0.6) is 0 Å². The maximum Gasteiger partial charge on any atom is 0.320 e. The molecule has 5 nitrogen and oxygen atoms in total. The summed E-state index contributed by atoms with van der Waals surface area (Å²) in [4.78, 5) is 27.4. The zero-order valence-corrected chi connectivity index (χ0v) is 13.4. The third kappa shape index (κ3) is 3.37. The van der Waals surface area contributed by atoms with Gasteiger partial charge in [-0.15, -0.1) is 0 Å². The molecule has 21 heavy (non-hydrogen) atoms. The molecule has 2 amide bonds. The minimum absolute atomic E-state index is 0.0834. The molecule has 1 saturated heterocycles. The first-order valence-electron chi connectivity index (χ1n) is 7.23. The second-order valence-electron chi connectivity index (χ2n) is 5.73. The van der Waals surface area contributed by atoms with Crippen molar-refractivity contribution >= 4 is 23.3 Å². The maximum atomic E-state index is 12.5. The average Bonchev–Trinajstić information content (AvgIpc) is 2.99. The molecule has 1 aliphatic rings. The van der Waals surface area contributed by atoms with Gasteiger partial charge < -0.3 is 14.9 Å². The predicted octanol–water partition coefficient (Wildman–Crippen LogP) is 2.88. The largest absolute Gasteiger partial charge is 0.481 e. The van der Waals surface area contributed by atoms with Crippen LogP contribution in [0.1, 0.15) is 31.7 Å². The summed E-state index contributed by atoms with van der Waals surface area (Å²) in [6.07, 6.45) is 1.95. The van der Waals surface area contributed by atoms with Gasteiger partial charge in [0.05, 0.1) is 5.41 Å². The van der Waals surface area contributed by atoms with Crippen molar-refractivity contribution in [3.05, 3.63) is 22.4 Å². The lowest BCUT2D eigenvalue weighted by Crippen LogP contribution is -2.52. The zero-order valence-electron chi connectivity index (χ0n) is 12.5. The lowest BCUT2D eigenvalue weighted by molar-refractivity contribution is -0.152. The number of likely N-dealkylation sites (tertiary alicyclic amines) is 1. The van der Waals surface area contributed by atoms with E-state index in [1.54, 1.807) is 28.2 Å². The van der Waals surface area contributed by atoms with Crippen molar-refractivity contribution < 1.29 is 14.7 Å². The van der Waals surface area contributed by atoms with Crippen molar-refractivity contribution in [1.29, 1.82) is 0 Å². The fourth-order valence-corrected chi connectivity index (χ4v) is 3.53. The number of hydrogen-bond donors (Lipinski definition) is 1. The van der Waals surface area contributed by atoms with Crippen LogP contribution >= 0.6 is 11.3 Å².